The smallest absolute Gasteiger partial charge is 0.298 e. The van der Waals surface area contributed by atoms with E-state index in [4.69, 9.17) is 5.26 Å². The largest absolute Gasteiger partial charge is 0.398 e. The van der Waals surface area contributed by atoms with Crippen LogP contribution in [0.2, 0.25) is 0 Å². The van der Waals surface area contributed by atoms with Crippen LogP contribution in [0.3, 0.4) is 0 Å². The van der Waals surface area contributed by atoms with Gasteiger partial charge in [-0.15, -0.1) is 0 Å². The molecule has 39 heavy (non-hydrogen) atoms. The van der Waals surface area contributed by atoms with Crippen molar-refractivity contribution in [1.82, 2.24) is 4.90 Å². The first-order valence-corrected chi connectivity index (χ1v) is 13.6. The number of nitrogens with zero attached hydrogens (tertiary/aromatic N) is 2. The second kappa shape index (κ2) is 11.9. The number of halogens is 6. The molecule has 0 heterocycles. The van der Waals surface area contributed by atoms with Crippen LogP contribution < -0.4 is 0 Å². The summed E-state index contributed by atoms with van der Waals surface area (Å²) in [6, 6.07) is 16.3. The zero-order valence-corrected chi connectivity index (χ0v) is 23.1. The van der Waals surface area contributed by atoms with E-state index in [9.17, 15) is 26.3 Å². The Balaban J connectivity index is 0.00000134. The van der Waals surface area contributed by atoms with Crippen LogP contribution in [0.25, 0.3) is 0 Å². The number of nitriles is 1. The average molecular weight is 553 g/mol. The van der Waals surface area contributed by atoms with Gasteiger partial charge in [-0.25, -0.2) is 0 Å². The second-order valence-electron chi connectivity index (χ2n) is 11.2. The lowest BCUT2D eigenvalue weighted by molar-refractivity contribution is -0.161. The van der Waals surface area contributed by atoms with Crippen molar-refractivity contribution in [2.24, 2.45) is 0 Å². The van der Waals surface area contributed by atoms with Crippen LogP contribution >= 0.6 is 0 Å². The van der Waals surface area contributed by atoms with E-state index in [1.807, 2.05) is 25.1 Å². The van der Waals surface area contributed by atoms with E-state index in [-0.39, 0.29) is 60.9 Å². The molecule has 0 bridgehead atoms. The second-order valence-corrected chi connectivity index (χ2v) is 11.2. The van der Waals surface area contributed by atoms with Gasteiger partial charge in [-0.05, 0) is 88.0 Å². The van der Waals surface area contributed by atoms with Crippen LogP contribution in [0.15, 0.2) is 48.5 Å². The lowest BCUT2D eigenvalue weighted by Gasteiger charge is -2.34. The predicted octanol–water partition coefficient (Wildman–Crippen LogP) is 8.68. The lowest BCUT2D eigenvalue weighted by Crippen LogP contribution is -2.40. The molecule has 0 aliphatic heterocycles. The van der Waals surface area contributed by atoms with E-state index in [1.54, 1.807) is 6.07 Å². The van der Waals surface area contributed by atoms with Crippen molar-refractivity contribution in [3.8, 4) is 6.07 Å². The molecule has 8 heteroatoms. The normalized spacial score (nSPS) is 18.2. The molecule has 0 amide bonds. The van der Waals surface area contributed by atoms with E-state index in [0.717, 1.165) is 13.0 Å². The summed E-state index contributed by atoms with van der Waals surface area (Å²) < 4.78 is 84.6. The Labute approximate surface area is 228 Å². The Morgan fingerprint density at radius 2 is 1.26 bits per heavy atom. The molecule has 2 fully saturated rings. The van der Waals surface area contributed by atoms with Gasteiger partial charge in [-0.2, -0.15) is 31.6 Å². The van der Waals surface area contributed by atoms with E-state index in [1.165, 1.54) is 30.7 Å². The Morgan fingerprint density at radius 1 is 0.795 bits per heavy atom. The van der Waals surface area contributed by atoms with Crippen molar-refractivity contribution in [3.05, 3.63) is 70.8 Å². The SMILES string of the molecule is CC#N.CC(C)N(CCc1ccccc1)C(C)CCc1c(C2(C(F)(F)F)CC2)cccc1C1(C(F)(F)F)CC1. The van der Waals surface area contributed by atoms with Crippen LogP contribution in [0.1, 0.15) is 82.1 Å². The van der Waals surface area contributed by atoms with Crippen LogP contribution in [0.5, 0.6) is 0 Å². The third kappa shape index (κ3) is 6.62. The zero-order chi connectivity index (χ0) is 29.1. The summed E-state index contributed by atoms with van der Waals surface area (Å²) in [5.74, 6) is 0. The van der Waals surface area contributed by atoms with Crippen molar-refractivity contribution >= 4 is 0 Å². The summed E-state index contributed by atoms with van der Waals surface area (Å²) in [6.07, 6.45) is -7.64. The van der Waals surface area contributed by atoms with E-state index in [0.29, 0.717) is 6.42 Å². The summed E-state index contributed by atoms with van der Waals surface area (Å²) in [6.45, 7) is 8.38. The van der Waals surface area contributed by atoms with Gasteiger partial charge < -0.3 is 0 Å². The van der Waals surface area contributed by atoms with E-state index >= 15 is 0 Å². The third-order valence-corrected chi connectivity index (χ3v) is 8.34. The molecule has 4 rings (SSSR count). The van der Waals surface area contributed by atoms with Crippen molar-refractivity contribution in [3.63, 3.8) is 0 Å². The molecule has 0 saturated heterocycles. The standard InChI is InChI=1S/C29H35F6N.C2H3N/c1-20(2)36(19-14-22-8-5-4-6-9-22)21(3)12-13-23-24(26(15-16-26)28(30,31)32)10-7-11-25(23)27(17-18-27)29(33,34)35;1-2-3/h4-11,20-21H,12-19H2,1-3H3;1H3. The molecule has 2 aliphatic rings. The maximum absolute atomic E-state index is 14.1. The lowest BCUT2D eigenvalue weighted by atomic mass is 9.80. The first kappa shape index (κ1) is 31.0. The van der Waals surface area contributed by atoms with Gasteiger partial charge in [0.25, 0.3) is 0 Å². The predicted molar refractivity (Wildman–Crippen MR) is 141 cm³/mol. The molecule has 1 atom stereocenters. The van der Waals surface area contributed by atoms with Gasteiger partial charge in [0.2, 0.25) is 0 Å². The van der Waals surface area contributed by atoms with Crippen LogP contribution in [-0.2, 0) is 23.7 Å². The molecule has 2 nitrogen and oxygen atoms in total. The first-order valence-electron chi connectivity index (χ1n) is 13.6. The van der Waals surface area contributed by atoms with Gasteiger partial charge in [-0.3, -0.25) is 4.90 Å². The molecule has 0 aromatic heterocycles. The number of alkyl halides is 6. The highest BCUT2D eigenvalue weighted by Crippen LogP contribution is 2.64. The third-order valence-electron chi connectivity index (χ3n) is 8.34. The Morgan fingerprint density at radius 3 is 1.64 bits per heavy atom. The highest BCUT2D eigenvalue weighted by Gasteiger charge is 2.67. The number of hydrogen-bond acceptors (Lipinski definition) is 2. The number of benzene rings is 2. The van der Waals surface area contributed by atoms with Crippen molar-refractivity contribution in [2.75, 3.05) is 6.54 Å². The van der Waals surface area contributed by atoms with Crippen molar-refractivity contribution in [1.29, 1.82) is 5.26 Å². The van der Waals surface area contributed by atoms with Crippen LogP contribution in [0, 0.1) is 11.3 Å². The number of rotatable bonds is 10. The summed E-state index contributed by atoms with van der Waals surface area (Å²) in [7, 11) is 0. The average Bonchev–Trinajstić information content (AvgIpc) is 3.76. The van der Waals surface area contributed by atoms with Crippen molar-refractivity contribution < 1.29 is 26.3 Å². The molecule has 1 unspecified atom stereocenters. The molecule has 0 spiro atoms. The minimum atomic E-state index is -4.47. The molecule has 0 radical (unpaired) electrons. The highest BCUT2D eigenvalue weighted by molar-refractivity contribution is 5.50. The quantitative estimate of drug-likeness (QED) is 0.276. The molecule has 2 aliphatic carbocycles. The first-order chi connectivity index (χ1) is 18.2. The number of hydrogen-bond donors (Lipinski definition) is 0. The van der Waals surface area contributed by atoms with Gasteiger partial charge >= 0.3 is 12.4 Å². The maximum atomic E-state index is 14.1. The Kier molecular flexibility index (Phi) is 9.47. The topological polar surface area (TPSA) is 27.0 Å². The Hall–Kier alpha value is -2.53. The molecular weight excluding hydrogens is 514 g/mol. The van der Waals surface area contributed by atoms with E-state index < -0.39 is 23.2 Å². The fourth-order valence-corrected chi connectivity index (χ4v) is 5.82. The summed E-state index contributed by atoms with van der Waals surface area (Å²) >= 11 is 0. The summed E-state index contributed by atoms with van der Waals surface area (Å²) in [4.78, 5) is 2.29. The van der Waals surface area contributed by atoms with Gasteiger partial charge in [0.05, 0.1) is 16.9 Å². The molecule has 2 saturated carbocycles. The highest BCUT2D eigenvalue weighted by atomic mass is 19.4. The molecule has 214 valence electrons. The monoisotopic (exact) mass is 552 g/mol. The molecule has 0 N–H and O–H groups in total. The minimum absolute atomic E-state index is 0.0108. The molecule has 2 aromatic carbocycles. The Bertz CT molecular complexity index is 1070. The maximum Gasteiger partial charge on any atom is 0.398 e. The van der Waals surface area contributed by atoms with Gasteiger partial charge in [0.15, 0.2) is 0 Å². The summed E-state index contributed by atoms with van der Waals surface area (Å²) in [5.41, 5.74) is -2.40. The molecular formula is C31H38F6N2. The van der Waals surface area contributed by atoms with Gasteiger partial charge in [0, 0.05) is 25.6 Å². The fraction of sp³-hybridized carbons (Fsp3) is 0.581. The zero-order valence-electron chi connectivity index (χ0n) is 23.1. The van der Waals surface area contributed by atoms with Crippen LogP contribution in [0.4, 0.5) is 26.3 Å². The van der Waals surface area contributed by atoms with Crippen LogP contribution in [-0.4, -0.2) is 35.9 Å². The van der Waals surface area contributed by atoms with Gasteiger partial charge in [-0.1, -0.05) is 48.5 Å². The van der Waals surface area contributed by atoms with Crippen molar-refractivity contribution in [2.45, 2.75) is 108 Å². The van der Waals surface area contributed by atoms with Gasteiger partial charge in [0.1, 0.15) is 0 Å². The van der Waals surface area contributed by atoms with E-state index in [2.05, 4.69) is 30.9 Å². The minimum Gasteiger partial charge on any atom is -0.298 e. The summed E-state index contributed by atoms with van der Waals surface area (Å²) in [5, 5.41) is 7.32. The molecule has 2 aromatic rings. The fourth-order valence-electron chi connectivity index (χ4n) is 5.82.